The van der Waals surface area contributed by atoms with Gasteiger partial charge >= 0.3 is 11.9 Å². The minimum atomic E-state index is -1.66. The second-order valence-electron chi connectivity index (χ2n) is 4.34. The van der Waals surface area contributed by atoms with Crippen molar-refractivity contribution in [2.24, 2.45) is 11.1 Å². The van der Waals surface area contributed by atoms with Crippen molar-refractivity contribution in [3.63, 3.8) is 0 Å². The Morgan fingerprint density at radius 3 is 1.93 bits per heavy atom. The lowest BCUT2D eigenvalue weighted by Gasteiger charge is -2.27. The van der Waals surface area contributed by atoms with Crippen LogP contribution in [0.2, 0.25) is 0 Å². The monoisotopic (exact) mass is 203 g/mol. The average Bonchev–Trinajstić information content (AvgIpc) is 1.99. The first-order valence-electron chi connectivity index (χ1n) is 4.30. The van der Waals surface area contributed by atoms with E-state index in [-0.39, 0.29) is 6.54 Å². The lowest BCUT2D eigenvalue weighted by molar-refractivity contribution is -0.174. The van der Waals surface area contributed by atoms with E-state index < -0.39 is 23.0 Å². The Labute approximate surface area is 83.2 Å². The average molecular weight is 203 g/mol. The summed E-state index contributed by atoms with van der Waals surface area (Å²) in [6, 6.07) is 0. The molecule has 0 aromatic carbocycles. The third-order valence-corrected chi connectivity index (χ3v) is 1.73. The maximum atomic E-state index is 11.5. The van der Waals surface area contributed by atoms with Crippen LogP contribution in [-0.4, -0.2) is 29.2 Å². The summed E-state index contributed by atoms with van der Waals surface area (Å²) in [5.41, 5.74) is 2.88. The van der Waals surface area contributed by atoms with Crippen LogP contribution >= 0.6 is 0 Å². The van der Waals surface area contributed by atoms with Crippen molar-refractivity contribution in [1.82, 2.24) is 0 Å². The van der Waals surface area contributed by atoms with Crippen LogP contribution in [0.3, 0.4) is 0 Å². The molecule has 0 fully saturated rings. The molecule has 0 saturated carbocycles. The van der Waals surface area contributed by atoms with Crippen molar-refractivity contribution in [3.05, 3.63) is 0 Å². The lowest BCUT2D eigenvalue weighted by Crippen LogP contribution is -2.46. The van der Waals surface area contributed by atoms with Gasteiger partial charge in [0.2, 0.25) is 0 Å². The normalized spacial score (nSPS) is 15.8. The van der Waals surface area contributed by atoms with Gasteiger partial charge in [-0.3, -0.25) is 9.59 Å². The van der Waals surface area contributed by atoms with Gasteiger partial charge in [0.25, 0.3) is 0 Å². The molecule has 1 atom stereocenters. The SMILES string of the molecule is CC(C)(C)OC(=O)C(C)(CN)C(=O)O. The molecule has 0 aromatic rings. The molecule has 1 unspecified atom stereocenters. The summed E-state index contributed by atoms with van der Waals surface area (Å²) in [7, 11) is 0. The van der Waals surface area contributed by atoms with E-state index in [9.17, 15) is 9.59 Å². The topological polar surface area (TPSA) is 89.6 Å². The number of carbonyl (C=O) groups is 2. The van der Waals surface area contributed by atoms with Crippen LogP contribution in [0.15, 0.2) is 0 Å². The molecule has 82 valence electrons. The van der Waals surface area contributed by atoms with Crippen LogP contribution in [0.4, 0.5) is 0 Å². The Bertz CT molecular complexity index is 244. The summed E-state index contributed by atoms with van der Waals surface area (Å²) in [4.78, 5) is 22.3. The zero-order chi connectivity index (χ0) is 11.6. The molecule has 3 N–H and O–H groups in total. The van der Waals surface area contributed by atoms with Crippen LogP contribution in [0.1, 0.15) is 27.7 Å². The predicted molar refractivity (Wildman–Crippen MR) is 50.6 cm³/mol. The van der Waals surface area contributed by atoms with E-state index in [1.54, 1.807) is 20.8 Å². The summed E-state index contributed by atoms with van der Waals surface area (Å²) in [6.07, 6.45) is 0. The fourth-order valence-corrected chi connectivity index (χ4v) is 0.649. The Kier molecular flexibility index (Phi) is 3.65. The maximum absolute atomic E-state index is 11.5. The first-order valence-corrected chi connectivity index (χ1v) is 4.30. The Hall–Kier alpha value is -1.10. The van der Waals surface area contributed by atoms with Gasteiger partial charge in [-0.1, -0.05) is 0 Å². The van der Waals surface area contributed by atoms with E-state index in [2.05, 4.69) is 0 Å². The smallest absolute Gasteiger partial charge is 0.325 e. The number of ether oxygens (including phenoxy) is 1. The number of carbonyl (C=O) groups excluding carboxylic acids is 1. The number of rotatable bonds is 3. The molecule has 5 nitrogen and oxygen atoms in total. The molecule has 0 aliphatic carbocycles. The molecule has 0 spiro atoms. The zero-order valence-corrected chi connectivity index (χ0v) is 8.96. The van der Waals surface area contributed by atoms with Crippen molar-refractivity contribution in [2.75, 3.05) is 6.54 Å². The molecule has 0 rings (SSSR count). The standard InChI is InChI=1S/C9H17NO4/c1-8(2,3)14-7(13)9(4,5-10)6(11)12/h5,10H2,1-4H3,(H,11,12). The summed E-state index contributed by atoms with van der Waals surface area (Å²) >= 11 is 0. The lowest BCUT2D eigenvalue weighted by atomic mass is 9.91. The number of carboxylic acid groups (broad SMARTS) is 1. The molecule has 0 saturated heterocycles. The largest absolute Gasteiger partial charge is 0.480 e. The quantitative estimate of drug-likeness (QED) is 0.511. The first-order chi connectivity index (χ1) is 6.13. The minimum Gasteiger partial charge on any atom is -0.480 e. The van der Waals surface area contributed by atoms with Gasteiger partial charge in [-0.05, 0) is 27.7 Å². The number of hydrogen-bond donors (Lipinski definition) is 2. The molecule has 0 radical (unpaired) electrons. The Morgan fingerprint density at radius 1 is 1.29 bits per heavy atom. The summed E-state index contributed by atoms with van der Waals surface area (Å²) in [6.45, 7) is 5.98. The van der Waals surface area contributed by atoms with Gasteiger partial charge in [0, 0.05) is 6.54 Å². The first kappa shape index (κ1) is 12.9. The van der Waals surface area contributed by atoms with Crippen LogP contribution in [0.5, 0.6) is 0 Å². The van der Waals surface area contributed by atoms with Gasteiger partial charge in [-0.15, -0.1) is 0 Å². The third-order valence-electron chi connectivity index (χ3n) is 1.73. The molecular formula is C9H17NO4. The highest BCUT2D eigenvalue weighted by atomic mass is 16.6. The van der Waals surface area contributed by atoms with Crippen molar-refractivity contribution in [1.29, 1.82) is 0 Å². The predicted octanol–water partition coefficient (Wildman–Crippen LogP) is 0.378. The Balaban J connectivity index is 4.73. The maximum Gasteiger partial charge on any atom is 0.325 e. The number of esters is 1. The molecule has 0 heterocycles. The van der Waals surface area contributed by atoms with E-state index in [1.165, 1.54) is 6.92 Å². The highest BCUT2D eigenvalue weighted by Gasteiger charge is 2.43. The molecule has 0 bridgehead atoms. The molecule has 0 aromatic heterocycles. The molecule has 5 heteroatoms. The van der Waals surface area contributed by atoms with Gasteiger partial charge in [-0.25, -0.2) is 0 Å². The fourth-order valence-electron chi connectivity index (χ4n) is 0.649. The van der Waals surface area contributed by atoms with Crippen LogP contribution in [-0.2, 0) is 14.3 Å². The van der Waals surface area contributed by atoms with Crippen LogP contribution in [0.25, 0.3) is 0 Å². The van der Waals surface area contributed by atoms with Crippen LogP contribution < -0.4 is 5.73 Å². The van der Waals surface area contributed by atoms with E-state index in [0.717, 1.165) is 0 Å². The highest BCUT2D eigenvalue weighted by molar-refractivity contribution is 5.99. The second kappa shape index (κ2) is 3.96. The van der Waals surface area contributed by atoms with Gasteiger partial charge in [0.1, 0.15) is 5.60 Å². The van der Waals surface area contributed by atoms with Crippen molar-refractivity contribution in [3.8, 4) is 0 Å². The molecule has 0 amide bonds. The number of nitrogens with two attached hydrogens (primary N) is 1. The van der Waals surface area contributed by atoms with E-state index >= 15 is 0 Å². The summed E-state index contributed by atoms with van der Waals surface area (Å²) < 4.78 is 4.96. The molecule has 14 heavy (non-hydrogen) atoms. The molecule has 0 aliphatic heterocycles. The van der Waals surface area contributed by atoms with Gasteiger partial charge in [-0.2, -0.15) is 0 Å². The number of hydrogen-bond acceptors (Lipinski definition) is 4. The Morgan fingerprint density at radius 2 is 1.71 bits per heavy atom. The van der Waals surface area contributed by atoms with Crippen molar-refractivity contribution in [2.45, 2.75) is 33.3 Å². The third kappa shape index (κ3) is 2.99. The zero-order valence-electron chi connectivity index (χ0n) is 8.96. The van der Waals surface area contributed by atoms with Crippen molar-refractivity contribution < 1.29 is 19.4 Å². The van der Waals surface area contributed by atoms with Crippen LogP contribution in [0, 0.1) is 5.41 Å². The van der Waals surface area contributed by atoms with E-state index in [4.69, 9.17) is 15.6 Å². The number of aliphatic carboxylic acids is 1. The minimum absolute atomic E-state index is 0.281. The van der Waals surface area contributed by atoms with E-state index in [0.29, 0.717) is 0 Å². The molecule has 0 aliphatic rings. The fraction of sp³-hybridized carbons (Fsp3) is 0.778. The van der Waals surface area contributed by atoms with Gasteiger partial charge in [0.05, 0.1) is 0 Å². The summed E-state index contributed by atoms with van der Waals surface area (Å²) in [5.74, 6) is -2.07. The summed E-state index contributed by atoms with van der Waals surface area (Å²) in [5, 5.41) is 8.82. The number of carboxylic acids is 1. The van der Waals surface area contributed by atoms with E-state index in [1.807, 2.05) is 0 Å². The van der Waals surface area contributed by atoms with Gasteiger partial charge < -0.3 is 15.6 Å². The van der Waals surface area contributed by atoms with Crippen molar-refractivity contribution >= 4 is 11.9 Å². The van der Waals surface area contributed by atoms with Gasteiger partial charge in [0.15, 0.2) is 5.41 Å². The second-order valence-corrected chi connectivity index (χ2v) is 4.34. The highest BCUT2D eigenvalue weighted by Crippen LogP contribution is 2.21. The molecular weight excluding hydrogens is 186 g/mol.